The Balaban J connectivity index is 1.81. The predicted molar refractivity (Wildman–Crippen MR) is 114 cm³/mol. The molecule has 3 rings (SSSR count). The zero-order valence-electron chi connectivity index (χ0n) is 15.6. The number of aryl methyl sites for hydroxylation is 1. The van der Waals surface area contributed by atoms with E-state index in [-0.39, 0.29) is 23.0 Å². The number of carbonyl (C=O) groups excluding carboxylic acids is 2. The fourth-order valence-electron chi connectivity index (χ4n) is 3.20. The summed E-state index contributed by atoms with van der Waals surface area (Å²) in [5.74, 6) is -1.13. The van der Waals surface area contributed by atoms with Gasteiger partial charge >= 0.3 is 5.97 Å². The van der Waals surface area contributed by atoms with Crippen LogP contribution < -0.4 is 10.6 Å². The highest BCUT2D eigenvalue weighted by atomic mass is 32.1. The van der Waals surface area contributed by atoms with Crippen LogP contribution >= 0.6 is 23.6 Å². The van der Waals surface area contributed by atoms with Crippen molar-refractivity contribution in [2.24, 2.45) is 0 Å². The molecule has 2 N–H and O–H groups in total. The number of rotatable bonds is 5. The van der Waals surface area contributed by atoms with Crippen molar-refractivity contribution in [3.63, 3.8) is 0 Å². The highest BCUT2D eigenvalue weighted by molar-refractivity contribution is 7.80. The van der Waals surface area contributed by atoms with Crippen molar-refractivity contribution in [3.05, 3.63) is 55.9 Å². The molecule has 0 saturated carbocycles. The fraction of sp³-hybridized carbons (Fsp3) is 0.316. The van der Waals surface area contributed by atoms with E-state index in [0.717, 1.165) is 36.1 Å². The topological polar surface area (TPSA) is 111 Å². The molecule has 0 fully saturated rings. The molecular formula is C19H19N3O5S2. The van der Waals surface area contributed by atoms with Crippen LogP contribution in [0.4, 0.5) is 10.7 Å². The van der Waals surface area contributed by atoms with Crippen LogP contribution in [0, 0.1) is 10.1 Å². The summed E-state index contributed by atoms with van der Waals surface area (Å²) in [5, 5.41) is 17.0. The normalized spacial score (nSPS) is 12.6. The van der Waals surface area contributed by atoms with Crippen LogP contribution in [0.5, 0.6) is 0 Å². The summed E-state index contributed by atoms with van der Waals surface area (Å²) < 4.78 is 5.19. The molecule has 0 bridgehead atoms. The number of esters is 1. The summed E-state index contributed by atoms with van der Waals surface area (Å²) in [5.41, 5.74) is 1.01. The number of fused-ring (bicyclic) bond motifs is 1. The third-order valence-electron chi connectivity index (χ3n) is 4.45. The van der Waals surface area contributed by atoms with Gasteiger partial charge in [0.2, 0.25) is 0 Å². The van der Waals surface area contributed by atoms with Crippen LogP contribution in [-0.4, -0.2) is 28.5 Å². The van der Waals surface area contributed by atoms with E-state index in [1.807, 2.05) is 0 Å². The summed E-state index contributed by atoms with van der Waals surface area (Å²) in [6.45, 7) is 1.99. The van der Waals surface area contributed by atoms with Crippen LogP contribution in [-0.2, 0) is 17.6 Å². The van der Waals surface area contributed by atoms with E-state index in [9.17, 15) is 19.7 Å². The molecule has 1 aliphatic rings. The number of para-hydroxylation sites is 1. The van der Waals surface area contributed by atoms with E-state index in [2.05, 4.69) is 10.6 Å². The van der Waals surface area contributed by atoms with Crippen molar-refractivity contribution in [2.75, 3.05) is 11.9 Å². The minimum Gasteiger partial charge on any atom is -0.462 e. The molecular weight excluding hydrogens is 414 g/mol. The lowest BCUT2D eigenvalue weighted by Gasteiger charge is -2.13. The standard InChI is InChI=1S/C19H19N3O5S2/c1-2-27-18(24)15-12-8-4-6-10-14(12)29-17(15)21-19(28)20-16(23)11-7-3-5-9-13(11)22(25)26/h3,5,7,9H,2,4,6,8,10H2,1H3,(H2,20,21,23,28). The Morgan fingerprint density at radius 1 is 1.28 bits per heavy atom. The number of thiocarbonyl (C=S) groups is 1. The Morgan fingerprint density at radius 3 is 2.72 bits per heavy atom. The highest BCUT2D eigenvalue weighted by Crippen LogP contribution is 2.38. The number of nitrogens with one attached hydrogen (secondary N) is 2. The number of nitro benzene ring substituents is 1. The molecule has 0 radical (unpaired) electrons. The fourth-order valence-corrected chi connectivity index (χ4v) is 4.74. The van der Waals surface area contributed by atoms with Crippen LogP contribution in [0.1, 0.15) is 50.9 Å². The average Bonchev–Trinajstić information content (AvgIpc) is 3.05. The number of hydrogen-bond acceptors (Lipinski definition) is 7. The lowest BCUT2D eigenvalue weighted by Crippen LogP contribution is -2.34. The van der Waals surface area contributed by atoms with Crippen molar-refractivity contribution in [3.8, 4) is 0 Å². The number of ether oxygens (including phenoxy) is 1. The number of nitro groups is 1. The van der Waals surface area contributed by atoms with Gasteiger partial charge in [-0.1, -0.05) is 12.1 Å². The molecule has 10 heteroatoms. The lowest BCUT2D eigenvalue weighted by atomic mass is 9.95. The molecule has 0 atom stereocenters. The zero-order chi connectivity index (χ0) is 21.0. The van der Waals surface area contributed by atoms with Gasteiger partial charge in [-0.15, -0.1) is 11.3 Å². The number of amides is 1. The predicted octanol–water partition coefficient (Wildman–Crippen LogP) is 3.84. The van der Waals surface area contributed by atoms with Crippen molar-refractivity contribution in [2.45, 2.75) is 32.6 Å². The maximum Gasteiger partial charge on any atom is 0.341 e. The van der Waals surface area contributed by atoms with Crippen LogP contribution in [0.3, 0.4) is 0 Å². The third kappa shape index (κ3) is 4.60. The largest absolute Gasteiger partial charge is 0.462 e. The number of thiophene rings is 1. The number of hydrogen-bond donors (Lipinski definition) is 2. The molecule has 1 aromatic heterocycles. The first-order valence-electron chi connectivity index (χ1n) is 9.09. The van der Waals surface area contributed by atoms with Crippen molar-refractivity contribution >= 4 is 51.2 Å². The molecule has 152 valence electrons. The summed E-state index contributed by atoms with van der Waals surface area (Å²) in [7, 11) is 0. The summed E-state index contributed by atoms with van der Waals surface area (Å²) >= 11 is 6.63. The van der Waals surface area contributed by atoms with Gasteiger partial charge in [-0.3, -0.25) is 20.2 Å². The smallest absolute Gasteiger partial charge is 0.341 e. The third-order valence-corrected chi connectivity index (χ3v) is 5.86. The first-order chi connectivity index (χ1) is 13.9. The molecule has 1 aliphatic carbocycles. The summed E-state index contributed by atoms with van der Waals surface area (Å²) in [4.78, 5) is 36.5. The lowest BCUT2D eigenvalue weighted by molar-refractivity contribution is -0.385. The summed E-state index contributed by atoms with van der Waals surface area (Å²) in [6, 6.07) is 5.61. The van der Waals surface area contributed by atoms with Gasteiger partial charge < -0.3 is 10.1 Å². The van der Waals surface area contributed by atoms with Crippen LogP contribution in [0.2, 0.25) is 0 Å². The SMILES string of the molecule is CCOC(=O)c1c(NC(=S)NC(=O)c2ccccc2[N+](=O)[O-])sc2c1CCCC2. The van der Waals surface area contributed by atoms with Gasteiger partial charge in [0.25, 0.3) is 11.6 Å². The van der Waals surface area contributed by atoms with E-state index >= 15 is 0 Å². The van der Waals surface area contributed by atoms with Gasteiger partial charge in [-0.2, -0.15) is 0 Å². The molecule has 29 heavy (non-hydrogen) atoms. The zero-order valence-corrected chi connectivity index (χ0v) is 17.3. The Bertz CT molecular complexity index is 986. The number of carbonyl (C=O) groups is 2. The quantitative estimate of drug-likeness (QED) is 0.319. The maximum atomic E-state index is 12.5. The molecule has 0 saturated heterocycles. The van der Waals surface area contributed by atoms with Crippen molar-refractivity contribution < 1.29 is 19.2 Å². The van der Waals surface area contributed by atoms with Gasteiger partial charge in [0, 0.05) is 10.9 Å². The minimum absolute atomic E-state index is 0.0442. The average molecular weight is 434 g/mol. The first kappa shape index (κ1) is 20.9. The molecule has 1 aromatic carbocycles. The van der Waals surface area contributed by atoms with Gasteiger partial charge in [0.1, 0.15) is 10.6 Å². The van der Waals surface area contributed by atoms with E-state index in [1.165, 1.54) is 35.6 Å². The van der Waals surface area contributed by atoms with E-state index < -0.39 is 16.8 Å². The number of benzene rings is 1. The highest BCUT2D eigenvalue weighted by Gasteiger charge is 2.27. The van der Waals surface area contributed by atoms with Gasteiger partial charge in [0.05, 0.1) is 17.1 Å². The maximum absolute atomic E-state index is 12.5. The molecule has 2 aromatic rings. The van der Waals surface area contributed by atoms with Crippen molar-refractivity contribution in [1.82, 2.24) is 5.32 Å². The van der Waals surface area contributed by atoms with Crippen molar-refractivity contribution in [1.29, 1.82) is 0 Å². The van der Waals surface area contributed by atoms with Crippen LogP contribution in [0.25, 0.3) is 0 Å². The Morgan fingerprint density at radius 2 is 2.00 bits per heavy atom. The van der Waals surface area contributed by atoms with E-state index in [0.29, 0.717) is 10.6 Å². The second-order valence-electron chi connectivity index (χ2n) is 6.32. The summed E-state index contributed by atoms with van der Waals surface area (Å²) in [6.07, 6.45) is 3.71. The van der Waals surface area contributed by atoms with Gasteiger partial charge in [-0.05, 0) is 56.5 Å². The molecule has 0 aliphatic heterocycles. The monoisotopic (exact) mass is 433 g/mol. The van der Waals surface area contributed by atoms with E-state index in [4.69, 9.17) is 17.0 Å². The molecule has 0 unspecified atom stereocenters. The second kappa shape index (κ2) is 9.10. The Hall–Kier alpha value is -2.85. The van der Waals surface area contributed by atoms with E-state index in [1.54, 1.807) is 6.92 Å². The Labute approximate surface area is 176 Å². The van der Waals surface area contributed by atoms with Crippen LogP contribution in [0.15, 0.2) is 24.3 Å². The second-order valence-corrected chi connectivity index (χ2v) is 7.83. The van der Waals surface area contributed by atoms with Gasteiger partial charge in [0.15, 0.2) is 5.11 Å². The number of anilines is 1. The molecule has 8 nitrogen and oxygen atoms in total. The molecule has 0 spiro atoms. The van der Waals surface area contributed by atoms with Gasteiger partial charge in [-0.25, -0.2) is 4.79 Å². The Kier molecular flexibility index (Phi) is 6.55. The first-order valence-corrected chi connectivity index (χ1v) is 10.3. The molecule has 1 amide bonds. The molecule has 1 heterocycles. The minimum atomic E-state index is -0.700. The number of nitrogens with zero attached hydrogens (tertiary/aromatic N) is 1.